The predicted octanol–water partition coefficient (Wildman–Crippen LogP) is 1.99. The summed E-state index contributed by atoms with van der Waals surface area (Å²) in [6, 6.07) is 6.55. The van der Waals surface area contributed by atoms with Crippen LogP contribution in [0, 0.1) is 0 Å². The van der Waals surface area contributed by atoms with Crippen molar-refractivity contribution in [2.24, 2.45) is 0 Å². The quantitative estimate of drug-likeness (QED) is 0.797. The van der Waals surface area contributed by atoms with Crippen molar-refractivity contribution in [2.45, 2.75) is 13.8 Å². The molecule has 1 aromatic carbocycles. The van der Waals surface area contributed by atoms with E-state index in [1.807, 2.05) is 13.8 Å². The molecule has 0 radical (unpaired) electrons. The van der Waals surface area contributed by atoms with Crippen LogP contribution in [0.5, 0.6) is 11.5 Å². The van der Waals surface area contributed by atoms with Crippen LogP contribution in [-0.4, -0.2) is 60.6 Å². The predicted molar refractivity (Wildman–Crippen MR) is 86.3 cm³/mol. The summed E-state index contributed by atoms with van der Waals surface area (Å²) in [6.45, 7) is 7.27. The van der Waals surface area contributed by atoms with E-state index in [1.54, 1.807) is 36.2 Å². The van der Waals surface area contributed by atoms with Gasteiger partial charge in [0.2, 0.25) is 5.91 Å². The zero-order chi connectivity index (χ0) is 15.0. The van der Waals surface area contributed by atoms with Crippen LogP contribution in [0.2, 0.25) is 0 Å². The SMILES string of the molecule is CCN(CC)CC(=O)N(C)CCOc1ccc(O)cc1.Cl. The highest BCUT2D eigenvalue weighted by atomic mass is 35.5. The number of hydrogen-bond acceptors (Lipinski definition) is 4. The molecule has 0 aliphatic rings. The number of hydrogen-bond donors (Lipinski definition) is 1. The van der Waals surface area contributed by atoms with Gasteiger partial charge in [-0.3, -0.25) is 9.69 Å². The van der Waals surface area contributed by atoms with Gasteiger partial charge in [-0.15, -0.1) is 12.4 Å². The van der Waals surface area contributed by atoms with Gasteiger partial charge in [0, 0.05) is 7.05 Å². The van der Waals surface area contributed by atoms with E-state index in [9.17, 15) is 4.79 Å². The van der Waals surface area contributed by atoms with E-state index < -0.39 is 0 Å². The summed E-state index contributed by atoms with van der Waals surface area (Å²) in [5, 5.41) is 9.16. The monoisotopic (exact) mass is 316 g/mol. The van der Waals surface area contributed by atoms with Crippen LogP contribution in [0.15, 0.2) is 24.3 Å². The minimum atomic E-state index is 0. The van der Waals surface area contributed by atoms with Crippen LogP contribution in [0.25, 0.3) is 0 Å². The highest BCUT2D eigenvalue weighted by Gasteiger charge is 2.11. The second kappa shape index (κ2) is 10.3. The molecule has 1 aromatic rings. The molecule has 0 bridgehead atoms. The zero-order valence-corrected chi connectivity index (χ0v) is 13.7. The standard InChI is InChI=1S/C15H24N2O3.ClH/c1-4-17(5-2)12-15(19)16(3)10-11-20-14-8-6-13(18)7-9-14;/h6-9,18H,4-5,10-12H2,1-3H3;1H. The van der Waals surface area contributed by atoms with Gasteiger partial charge in [-0.25, -0.2) is 0 Å². The minimum absolute atomic E-state index is 0. The molecule has 1 N–H and O–H groups in total. The molecular weight excluding hydrogens is 292 g/mol. The minimum Gasteiger partial charge on any atom is -0.508 e. The maximum absolute atomic E-state index is 12.0. The molecule has 1 amide bonds. The molecular formula is C15H25ClN2O3. The first kappa shape index (κ1) is 19.5. The lowest BCUT2D eigenvalue weighted by Gasteiger charge is -2.22. The first-order valence-electron chi connectivity index (χ1n) is 6.95. The topological polar surface area (TPSA) is 53.0 Å². The van der Waals surface area contributed by atoms with E-state index in [-0.39, 0.29) is 24.1 Å². The summed E-state index contributed by atoms with van der Waals surface area (Å²) in [6.07, 6.45) is 0. The fourth-order valence-corrected chi connectivity index (χ4v) is 1.73. The van der Waals surface area contributed by atoms with Crippen molar-refractivity contribution in [3.8, 4) is 11.5 Å². The number of phenols is 1. The number of aromatic hydroxyl groups is 1. The van der Waals surface area contributed by atoms with Crippen molar-refractivity contribution in [1.82, 2.24) is 9.80 Å². The van der Waals surface area contributed by atoms with Gasteiger partial charge >= 0.3 is 0 Å². The molecule has 0 heterocycles. The van der Waals surface area contributed by atoms with E-state index in [2.05, 4.69) is 4.90 Å². The Morgan fingerprint density at radius 1 is 1.19 bits per heavy atom. The summed E-state index contributed by atoms with van der Waals surface area (Å²) >= 11 is 0. The molecule has 0 spiro atoms. The van der Waals surface area contributed by atoms with E-state index in [1.165, 1.54) is 0 Å². The van der Waals surface area contributed by atoms with Crippen molar-refractivity contribution in [3.05, 3.63) is 24.3 Å². The Labute approximate surface area is 132 Å². The Hall–Kier alpha value is -1.46. The third-order valence-electron chi connectivity index (χ3n) is 3.21. The van der Waals surface area contributed by atoms with Gasteiger partial charge in [-0.05, 0) is 37.4 Å². The molecule has 120 valence electrons. The van der Waals surface area contributed by atoms with Crippen molar-refractivity contribution >= 4 is 18.3 Å². The van der Waals surface area contributed by atoms with Crippen LogP contribution in [0.4, 0.5) is 0 Å². The fourth-order valence-electron chi connectivity index (χ4n) is 1.73. The molecule has 0 saturated carbocycles. The molecule has 0 aromatic heterocycles. The molecule has 6 heteroatoms. The van der Waals surface area contributed by atoms with Gasteiger partial charge in [-0.2, -0.15) is 0 Å². The lowest BCUT2D eigenvalue weighted by molar-refractivity contribution is -0.131. The summed E-state index contributed by atoms with van der Waals surface area (Å²) in [7, 11) is 1.78. The molecule has 0 aliphatic carbocycles. The highest BCUT2D eigenvalue weighted by Crippen LogP contribution is 2.15. The van der Waals surface area contributed by atoms with Gasteiger partial charge < -0.3 is 14.7 Å². The second-order valence-electron chi connectivity index (χ2n) is 4.62. The third kappa shape index (κ3) is 7.20. The van der Waals surface area contributed by atoms with Crippen LogP contribution in [0.1, 0.15) is 13.8 Å². The van der Waals surface area contributed by atoms with Crippen molar-refractivity contribution < 1.29 is 14.6 Å². The number of ether oxygens (including phenoxy) is 1. The normalized spacial score (nSPS) is 10.1. The van der Waals surface area contributed by atoms with E-state index >= 15 is 0 Å². The van der Waals surface area contributed by atoms with Gasteiger partial charge in [0.25, 0.3) is 0 Å². The van der Waals surface area contributed by atoms with Crippen molar-refractivity contribution in [2.75, 3.05) is 39.8 Å². The number of nitrogens with zero attached hydrogens (tertiary/aromatic N) is 2. The molecule has 1 rings (SSSR count). The summed E-state index contributed by atoms with van der Waals surface area (Å²) in [5.74, 6) is 0.999. The number of carbonyl (C=O) groups excluding carboxylic acids is 1. The summed E-state index contributed by atoms with van der Waals surface area (Å²) in [4.78, 5) is 15.7. The smallest absolute Gasteiger partial charge is 0.236 e. The number of phenolic OH excluding ortho intramolecular Hbond substituents is 1. The molecule has 0 aliphatic heterocycles. The Morgan fingerprint density at radius 2 is 1.76 bits per heavy atom. The lowest BCUT2D eigenvalue weighted by Crippen LogP contribution is -2.39. The van der Waals surface area contributed by atoms with E-state index in [4.69, 9.17) is 9.84 Å². The van der Waals surface area contributed by atoms with Gasteiger partial charge in [0.05, 0.1) is 13.1 Å². The Morgan fingerprint density at radius 3 is 2.29 bits per heavy atom. The maximum atomic E-state index is 12.0. The summed E-state index contributed by atoms with van der Waals surface area (Å²) < 4.78 is 5.52. The highest BCUT2D eigenvalue weighted by molar-refractivity contribution is 5.85. The van der Waals surface area contributed by atoms with Crippen LogP contribution >= 0.6 is 12.4 Å². The molecule has 0 saturated heterocycles. The number of carbonyl (C=O) groups is 1. The number of halogens is 1. The van der Waals surface area contributed by atoms with Gasteiger partial charge in [-0.1, -0.05) is 13.8 Å². The number of amides is 1. The maximum Gasteiger partial charge on any atom is 0.236 e. The zero-order valence-electron chi connectivity index (χ0n) is 12.9. The van der Waals surface area contributed by atoms with Gasteiger partial charge in [0.1, 0.15) is 18.1 Å². The molecule has 5 nitrogen and oxygen atoms in total. The Balaban J connectivity index is 0.00000400. The van der Waals surface area contributed by atoms with Crippen LogP contribution < -0.4 is 4.74 Å². The number of rotatable bonds is 8. The van der Waals surface area contributed by atoms with Crippen molar-refractivity contribution in [1.29, 1.82) is 0 Å². The van der Waals surface area contributed by atoms with Gasteiger partial charge in [0.15, 0.2) is 0 Å². The van der Waals surface area contributed by atoms with Crippen LogP contribution in [-0.2, 0) is 4.79 Å². The molecule has 0 atom stereocenters. The van der Waals surface area contributed by atoms with Crippen LogP contribution in [0.3, 0.4) is 0 Å². The Bertz CT molecular complexity index is 408. The Kier molecular flexibility index (Phi) is 9.58. The lowest BCUT2D eigenvalue weighted by atomic mass is 10.3. The summed E-state index contributed by atoms with van der Waals surface area (Å²) in [5.41, 5.74) is 0. The molecule has 0 unspecified atom stereocenters. The third-order valence-corrected chi connectivity index (χ3v) is 3.21. The first-order valence-corrected chi connectivity index (χ1v) is 6.95. The molecule has 0 fully saturated rings. The fraction of sp³-hybridized carbons (Fsp3) is 0.533. The van der Waals surface area contributed by atoms with E-state index in [0.29, 0.717) is 25.4 Å². The average molecular weight is 317 g/mol. The second-order valence-corrected chi connectivity index (χ2v) is 4.62. The number of benzene rings is 1. The first-order chi connectivity index (χ1) is 9.56. The van der Waals surface area contributed by atoms with E-state index in [0.717, 1.165) is 13.1 Å². The average Bonchev–Trinajstić information content (AvgIpc) is 2.46. The van der Waals surface area contributed by atoms with Crippen molar-refractivity contribution in [3.63, 3.8) is 0 Å². The molecule has 21 heavy (non-hydrogen) atoms. The number of likely N-dealkylation sites (N-methyl/N-ethyl adjacent to an activating group) is 2. The largest absolute Gasteiger partial charge is 0.508 e.